The molecule has 1 aliphatic heterocycles. The number of hydrogen-bond donors (Lipinski definition) is 0. The van der Waals surface area contributed by atoms with Crippen LogP contribution in [0.3, 0.4) is 0 Å². The van der Waals surface area contributed by atoms with Crippen LogP contribution in [0.1, 0.15) is 44.1 Å². The van der Waals surface area contributed by atoms with Gasteiger partial charge in [-0.2, -0.15) is 4.98 Å². The van der Waals surface area contributed by atoms with Crippen LogP contribution in [-0.2, 0) is 17.6 Å². The van der Waals surface area contributed by atoms with Crippen molar-refractivity contribution >= 4 is 0 Å². The highest BCUT2D eigenvalue weighted by molar-refractivity contribution is 5.04. The third kappa shape index (κ3) is 3.69. The van der Waals surface area contributed by atoms with E-state index in [1.807, 2.05) is 6.07 Å². The molecule has 0 aliphatic carbocycles. The van der Waals surface area contributed by atoms with E-state index in [2.05, 4.69) is 29.1 Å². The van der Waals surface area contributed by atoms with Gasteiger partial charge in [0.1, 0.15) is 6.26 Å². The van der Waals surface area contributed by atoms with Gasteiger partial charge in [-0.15, -0.1) is 0 Å². The van der Waals surface area contributed by atoms with Gasteiger partial charge in [0.15, 0.2) is 5.82 Å². The van der Waals surface area contributed by atoms with Gasteiger partial charge >= 0.3 is 0 Å². The fourth-order valence-electron chi connectivity index (χ4n) is 2.73. The third-order valence-corrected chi connectivity index (χ3v) is 3.97. The molecule has 1 saturated heterocycles. The summed E-state index contributed by atoms with van der Waals surface area (Å²) < 4.78 is 15.9. The summed E-state index contributed by atoms with van der Waals surface area (Å²) in [7, 11) is 0. The zero-order valence-electron chi connectivity index (χ0n) is 12.5. The van der Waals surface area contributed by atoms with Crippen molar-refractivity contribution in [2.24, 2.45) is 11.8 Å². The van der Waals surface area contributed by atoms with Gasteiger partial charge in [0, 0.05) is 19.1 Å². The molecule has 2 atom stereocenters. The predicted octanol–water partition coefficient (Wildman–Crippen LogP) is 2.64. The molecule has 0 radical (unpaired) electrons. The monoisotopic (exact) mass is 291 g/mol. The van der Waals surface area contributed by atoms with Gasteiger partial charge in [-0.05, 0) is 24.7 Å². The highest BCUT2D eigenvalue weighted by Gasteiger charge is 2.26. The summed E-state index contributed by atoms with van der Waals surface area (Å²) in [4.78, 5) is 4.45. The van der Waals surface area contributed by atoms with Crippen LogP contribution in [0.5, 0.6) is 0 Å². The van der Waals surface area contributed by atoms with Gasteiger partial charge in [0.2, 0.25) is 5.89 Å². The van der Waals surface area contributed by atoms with Gasteiger partial charge < -0.3 is 13.8 Å². The fraction of sp³-hybridized carbons (Fsp3) is 0.667. The molecule has 2 aromatic rings. The summed E-state index contributed by atoms with van der Waals surface area (Å²) in [5.41, 5.74) is 0.813. The van der Waals surface area contributed by atoms with E-state index in [1.54, 1.807) is 6.26 Å². The molecule has 0 bridgehead atoms. The first kappa shape index (κ1) is 14.3. The normalized spacial score (nSPS) is 22.8. The maximum absolute atomic E-state index is 5.80. The van der Waals surface area contributed by atoms with Gasteiger partial charge in [0.05, 0.1) is 18.2 Å². The molecular weight excluding hydrogens is 270 g/mol. The van der Waals surface area contributed by atoms with Crippen molar-refractivity contribution < 1.29 is 13.8 Å². The summed E-state index contributed by atoms with van der Waals surface area (Å²) in [5.74, 6) is 2.49. The summed E-state index contributed by atoms with van der Waals surface area (Å²) in [6.45, 7) is 5.24. The summed E-state index contributed by atoms with van der Waals surface area (Å²) in [6.07, 6.45) is 5.40. The molecule has 2 unspecified atom stereocenters. The number of nitrogens with zero attached hydrogens (tertiary/aromatic N) is 3. The smallest absolute Gasteiger partial charge is 0.226 e. The Morgan fingerprint density at radius 1 is 1.33 bits per heavy atom. The molecule has 6 nitrogen and oxygen atoms in total. The van der Waals surface area contributed by atoms with Crippen LogP contribution in [0.2, 0.25) is 0 Å². The van der Waals surface area contributed by atoms with Crippen molar-refractivity contribution in [2.75, 3.05) is 6.61 Å². The largest absolute Gasteiger partial charge is 0.378 e. The molecule has 0 N–H and O–H groups in total. The second kappa shape index (κ2) is 6.39. The Hall–Kier alpha value is -1.69. The molecular formula is C15H21N3O3. The molecule has 3 heterocycles. The topological polar surface area (TPSA) is 74.2 Å². The highest BCUT2D eigenvalue weighted by Crippen LogP contribution is 2.27. The van der Waals surface area contributed by atoms with Crippen LogP contribution in [0.4, 0.5) is 0 Å². The van der Waals surface area contributed by atoms with Crippen LogP contribution < -0.4 is 0 Å². The van der Waals surface area contributed by atoms with Crippen LogP contribution in [0.15, 0.2) is 21.4 Å². The van der Waals surface area contributed by atoms with Crippen LogP contribution in [-0.4, -0.2) is 28.0 Å². The first-order chi connectivity index (χ1) is 10.2. The van der Waals surface area contributed by atoms with E-state index in [9.17, 15) is 0 Å². The molecule has 0 aromatic carbocycles. The summed E-state index contributed by atoms with van der Waals surface area (Å²) >= 11 is 0. The van der Waals surface area contributed by atoms with Crippen molar-refractivity contribution in [1.29, 1.82) is 0 Å². The minimum Gasteiger partial charge on any atom is -0.378 e. The average molecular weight is 291 g/mol. The molecule has 6 heteroatoms. The first-order valence-corrected chi connectivity index (χ1v) is 7.53. The molecule has 3 rings (SSSR count). The van der Waals surface area contributed by atoms with Gasteiger partial charge in [-0.1, -0.05) is 24.2 Å². The van der Waals surface area contributed by atoms with Crippen molar-refractivity contribution in [1.82, 2.24) is 15.3 Å². The Morgan fingerprint density at radius 3 is 3.00 bits per heavy atom. The molecule has 0 spiro atoms. The lowest BCUT2D eigenvalue weighted by Gasteiger charge is -2.31. The first-order valence-electron chi connectivity index (χ1n) is 7.53. The van der Waals surface area contributed by atoms with Crippen molar-refractivity contribution in [3.8, 4) is 0 Å². The SMILES string of the molecule is CC(C)C1CC(Cc2nc(Cc3ccon3)no2)CCO1. The Labute approximate surface area is 123 Å². The fourth-order valence-corrected chi connectivity index (χ4v) is 2.73. The number of hydrogen-bond acceptors (Lipinski definition) is 6. The molecule has 1 aliphatic rings. The Kier molecular flexibility index (Phi) is 4.34. The van der Waals surface area contributed by atoms with E-state index >= 15 is 0 Å². The zero-order valence-corrected chi connectivity index (χ0v) is 12.5. The Balaban J connectivity index is 1.56. The zero-order chi connectivity index (χ0) is 14.7. The maximum atomic E-state index is 5.80. The Morgan fingerprint density at radius 2 is 2.24 bits per heavy atom. The second-order valence-corrected chi connectivity index (χ2v) is 6.02. The van der Waals surface area contributed by atoms with Crippen LogP contribution >= 0.6 is 0 Å². The maximum Gasteiger partial charge on any atom is 0.226 e. The lowest BCUT2D eigenvalue weighted by molar-refractivity contribution is -0.0349. The van der Waals surface area contributed by atoms with Crippen molar-refractivity contribution in [3.63, 3.8) is 0 Å². The van der Waals surface area contributed by atoms with Gasteiger partial charge in [0.25, 0.3) is 0 Å². The third-order valence-electron chi connectivity index (χ3n) is 3.97. The van der Waals surface area contributed by atoms with Crippen LogP contribution in [0.25, 0.3) is 0 Å². The molecule has 2 aromatic heterocycles. The van der Waals surface area contributed by atoms with Crippen molar-refractivity contribution in [3.05, 3.63) is 29.7 Å². The van der Waals surface area contributed by atoms with E-state index < -0.39 is 0 Å². The predicted molar refractivity (Wildman–Crippen MR) is 74.6 cm³/mol. The van der Waals surface area contributed by atoms with Crippen LogP contribution in [0, 0.1) is 11.8 Å². The minimum atomic E-state index is 0.348. The highest BCUT2D eigenvalue weighted by atomic mass is 16.5. The Bertz CT molecular complexity index is 550. The molecule has 0 amide bonds. The van der Waals surface area contributed by atoms with E-state index in [-0.39, 0.29) is 0 Å². The summed E-state index contributed by atoms with van der Waals surface area (Å²) in [6, 6.07) is 1.81. The molecule has 1 fully saturated rings. The molecule has 21 heavy (non-hydrogen) atoms. The summed E-state index contributed by atoms with van der Waals surface area (Å²) in [5, 5.41) is 7.86. The van der Waals surface area contributed by atoms with Gasteiger partial charge in [-0.25, -0.2) is 0 Å². The lowest BCUT2D eigenvalue weighted by Crippen LogP contribution is -2.30. The number of rotatable bonds is 5. The second-order valence-electron chi connectivity index (χ2n) is 6.02. The average Bonchev–Trinajstić information content (AvgIpc) is 3.12. The van der Waals surface area contributed by atoms with Crippen molar-refractivity contribution in [2.45, 2.75) is 45.6 Å². The van der Waals surface area contributed by atoms with E-state index in [4.69, 9.17) is 13.8 Å². The number of ether oxygens (including phenoxy) is 1. The standard InChI is InChI=1S/C15H21N3O3/c1-10(2)13-7-11(3-5-19-13)8-15-16-14(18-21-15)9-12-4-6-20-17-12/h4,6,10-11,13H,3,5,7-9H2,1-2H3. The van der Waals surface area contributed by atoms with E-state index in [0.29, 0.717) is 36.1 Å². The quantitative estimate of drug-likeness (QED) is 0.843. The molecule has 0 saturated carbocycles. The lowest BCUT2D eigenvalue weighted by atomic mass is 9.88. The van der Waals surface area contributed by atoms with E-state index in [0.717, 1.165) is 31.6 Å². The minimum absolute atomic E-state index is 0.348. The number of aromatic nitrogens is 3. The molecule has 114 valence electrons. The van der Waals surface area contributed by atoms with Gasteiger partial charge in [-0.3, -0.25) is 0 Å². The van der Waals surface area contributed by atoms with E-state index in [1.165, 1.54) is 0 Å².